The van der Waals surface area contributed by atoms with Gasteiger partial charge in [0.05, 0.1) is 5.69 Å². The number of carbonyl (C=O) groups excluding carboxylic acids is 1. The average molecular weight is 356 g/mol. The molecule has 1 amide bonds. The lowest BCUT2D eigenvalue weighted by Crippen LogP contribution is -2.32. The Kier molecular flexibility index (Phi) is 5.40. The van der Waals surface area contributed by atoms with Crippen molar-refractivity contribution in [2.75, 3.05) is 0 Å². The first-order valence-electron chi connectivity index (χ1n) is 8.01. The second-order valence-corrected chi connectivity index (χ2v) is 6.21. The van der Waals surface area contributed by atoms with Crippen LogP contribution in [-0.2, 0) is 6.42 Å². The molecule has 0 saturated heterocycles. The van der Waals surface area contributed by atoms with Crippen molar-refractivity contribution < 1.29 is 4.79 Å². The standard InChI is InChI=1S/C18H18ClN5O/c1-13(6-7-14-4-2-3-5-17(14)19)21-18(25)15-8-10-16(11-9-15)24-12-20-22-23-24/h2-5,8-13H,6-7H2,1H3,(H,21,25)/t13-/m1/s1. The van der Waals surface area contributed by atoms with E-state index in [0.29, 0.717) is 5.56 Å². The number of nitrogens with zero attached hydrogens (tertiary/aromatic N) is 4. The maximum absolute atomic E-state index is 12.3. The van der Waals surface area contributed by atoms with Crippen LogP contribution in [0.1, 0.15) is 29.3 Å². The summed E-state index contributed by atoms with van der Waals surface area (Å²) >= 11 is 6.16. The van der Waals surface area contributed by atoms with Crippen molar-refractivity contribution in [3.05, 3.63) is 71.0 Å². The second kappa shape index (κ2) is 7.90. The predicted molar refractivity (Wildman–Crippen MR) is 95.9 cm³/mol. The highest BCUT2D eigenvalue weighted by Crippen LogP contribution is 2.17. The van der Waals surface area contributed by atoms with Crippen molar-refractivity contribution in [2.45, 2.75) is 25.8 Å². The molecule has 3 aromatic rings. The summed E-state index contributed by atoms with van der Waals surface area (Å²) in [4.78, 5) is 12.3. The van der Waals surface area contributed by atoms with E-state index in [4.69, 9.17) is 11.6 Å². The van der Waals surface area contributed by atoms with E-state index in [0.717, 1.165) is 29.1 Å². The zero-order valence-corrected chi connectivity index (χ0v) is 14.5. The largest absolute Gasteiger partial charge is 0.350 e. The molecule has 0 aliphatic heterocycles. The van der Waals surface area contributed by atoms with Gasteiger partial charge in [-0.2, -0.15) is 0 Å². The van der Waals surface area contributed by atoms with Crippen molar-refractivity contribution in [3.63, 3.8) is 0 Å². The Morgan fingerprint density at radius 1 is 1.20 bits per heavy atom. The molecule has 0 saturated carbocycles. The molecule has 7 heteroatoms. The Morgan fingerprint density at radius 2 is 1.96 bits per heavy atom. The van der Waals surface area contributed by atoms with Crippen molar-refractivity contribution >= 4 is 17.5 Å². The minimum Gasteiger partial charge on any atom is -0.350 e. The zero-order chi connectivity index (χ0) is 17.6. The Morgan fingerprint density at radius 3 is 2.64 bits per heavy atom. The number of halogens is 1. The molecule has 0 aliphatic rings. The molecule has 1 heterocycles. The summed E-state index contributed by atoms with van der Waals surface area (Å²) in [6, 6.07) is 14.9. The van der Waals surface area contributed by atoms with E-state index in [2.05, 4.69) is 20.8 Å². The predicted octanol–water partition coefficient (Wildman–Crippen LogP) is 3.07. The first-order valence-corrected chi connectivity index (χ1v) is 8.39. The lowest BCUT2D eigenvalue weighted by molar-refractivity contribution is 0.0938. The van der Waals surface area contributed by atoms with E-state index in [1.165, 1.54) is 11.0 Å². The van der Waals surface area contributed by atoms with E-state index < -0.39 is 0 Å². The number of amides is 1. The number of tetrazole rings is 1. The lowest BCUT2D eigenvalue weighted by Gasteiger charge is -2.14. The maximum Gasteiger partial charge on any atom is 0.251 e. The van der Waals surface area contributed by atoms with E-state index >= 15 is 0 Å². The third kappa shape index (κ3) is 4.42. The molecule has 3 rings (SSSR count). The normalized spacial score (nSPS) is 11.9. The molecule has 0 bridgehead atoms. The lowest BCUT2D eigenvalue weighted by atomic mass is 10.1. The molecule has 128 valence electrons. The van der Waals surface area contributed by atoms with Crippen LogP contribution in [0.3, 0.4) is 0 Å². The number of aromatic nitrogens is 4. The Balaban J connectivity index is 1.55. The van der Waals surface area contributed by atoms with E-state index in [1.807, 2.05) is 31.2 Å². The van der Waals surface area contributed by atoms with Crippen LogP contribution in [0.2, 0.25) is 5.02 Å². The molecule has 0 aliphatic carbocycles. The first-order chi connectivity index (χ1) is 12.1. The van der Waals surface area contributed by atoms with E-state index in [1.54, 1.807) is 24.3 Å². The van der Waals surface area contributed by atoms with Crippen LogP contribution in [0.25, 0.3) is 5.69 Å². The highest BCUT2D eigenvalue weighted by atomic mass is 35.5. The molecule has 0 unspecified atom stereocenters. The molecule has 1 atom stereocenters. The fourth-order valence-electron chi connectivity index (χ4n) is 2.50. The third-order valence-electron chi connectivity index (χ3n) is 3.93. The Labute approximate surface area is 150 Å². The molecule has 0 fully saturated rings. The Hall–Kier alpha value is -2.73. The van der Waals surface area contributed by atoms with Crippen molar-refractivity contribution in [1.82, 2.24) is 25.5 Å². The summed E-state index contributed by atoms with van der Waals surface area (Å²) < 4.78 is 1.54. The Bertz CT molecular complexity index is 833. The number of nitrogens with one attached hydrogen (secondary N) is 1. The van der Waals surface area contributed by atoms with Crippen LogP contribution in [0.4, 0.5) is 0 Å². The molecule has 0 radical (unpaired) electrons. The van der Waals surface area contributed by atoms with Gasteiger partial charge in [-0.05, 0) is 66.1 Å². The van der Waals surface area contributed by atoms with Crippen LogP contribution < -0.4 is 5.32 Å². The van der Waals surface area contributed by atoms with Gasteiger partial charge in [-0.3, -0.25) is 4.79 Å². The monoisotopic (exact) mass is 355 g/mol. The van der Waals surface area contributed by atoms with Crippen LogP contribution in [0, 0.1) is 0 Å². The maximum atomic E-state index is 12.3. The SMILES string of the molecule is C[C@H](CCc1ccccc1Cl)NC(=O)c1ccc(-n2cnnn2)cc1. The summed E-state index contributed by atoms with van der Waals surface area (Å²) in [5, 5.41) is 14.8. The zero-order valence-electron chi connectivity index (χ0n) is 13.8. The molecule has 25 heavy (non-hydrogen) atoms. The number of rotatable bonds is 6. The molecular formula is C18H18ClN5O. The number of benzene rings is 2. The minimum absolute atomic E-state index is 0.0444. The highest BCUT2D eigenvalue weighted by molar-refractivity contribution is 6.31. The highest BCUT2D eigenvalue weighted by Gasteiger charge is 2.11. The van der Waals surface area contributed by atoms with Crippen LogP contribution in [0.5, 0.6) is 0 Å². The molecule has 1 N–H and O–H groups in total. The molecule has 1 aromatic heterocycles. The van der Waals surface area contributed by atoms with E-state index in [9.17, 15) is 4.79 Å². The number of aryl methyl sites for hydroxylation is 1. The average Bonchev–Trinajstić information content (AvgIpc) is 3.16. The topological polar surface area (TPSA) is 72.7 Å². The second-order valence-electron chi connectivity index (χ2n) is 5.81. The van der Waals surface area contributed by atoms with Gasteiger partial charge in [0.15, 0.2) is 0 Å². The minimum atomic E-state index is -0.102. The number of hydrogen-bond acceptors (Lipinski definition) is 4. The summed E-state index contributed by atoms with van der Waals surface area (Å²) in [7, 11) is 0. The quantitative estimate of drug-likeness (QED) is 0.737. The summed E-state index contributed by atoms with van der Waals surface area (Å²) in [6.07, 6.45) is 3.14. The van der Waals surface area contributed by atoms with Crippen molar-refractivity contribution in [3.8, 4) is 5.69 Å². The van der Waals surface area contributed by atoms with Gasteiger partial charge in [-0.25, -0.2) is 4.68 Å². The van der Waals surface area contributed by atoms with Gasteiger partial charge in [0.2, 0.25) is 0 Å². The van der Waals surface area contributed by atoms with Gasteiger partial charge in [-0.1, -0.05) is 29.8 Å². The van der Waals surface area contributed by atoms with Gasteiger partial charge in [0.25, 0.3) is 5.91 Å². The fourth-order valence-corrected chi connectivity index (χ4v) is 2.73. The van der Waals surface area contributed by atoms with Gasteiger partial charge in [-0.15, -0.1) is 5.10 Å². The van der Waals surface area contributed by atoms with Gasteiger partial charge in [0, 0.05) is 16.6 Å². The van der Waals surface area contributed by atoms with Crippen LogP contribution >= 0.6 is 11.6 Å². The van der Waals surface area contributed by atoms with Gasteiger partial charge >= 0.3 is 0 Å². The molecular weight excluding hydrogens is 338 g/mol. The smallest absolute Gasteiger partial charge is 0.251 e. The molecule has 6 nitrogen and oxygen atoms in total. The van der Waals surface area contributed by atoms with E-state index in [-0.39, 0.29) is 11.9 Å². The summed E-state index contributed by atoms with van der Waals surface area (Å²) in [5.74, 6) is -0.102. The van der Waals surface area contributed by atoms with Gasteiger partial charge in [0.1, 0.15) is 6.33 Å². The van der Waals surface area contributed by atoms with Gasteiger partial charge < -0.3 is 5.32 Å². The number of carbonyl (C=O) groups is 1. The first kappa shape index (κ1) is 17.1. The third-order valence-corrected chi connectivity index (χ3v) is 4.29. The van der Waals surface area contributed by atoms with Crippen molar-refractivity contribution in [2.24, 2.45) is 0 Å². The summed E-state index contributed by atoms with van der Waals surface area (Å²) in [6.45, 7) is 1.99. The fraction of sp³-hybridized carbons (Fsp3) is 0.222. The van der Waals surface area contributed by atoms with Crippen LogP contribution in [-0.4, -0.2) is 32.2 Å². The number of hydrogen-bond donors (Lipinski definition) is 1. The molecule has 0 spiro atoms. The summed E-state index contributed by atoms with van der Waals surface area (Å²) in [5.41, 5.74) is 2.49. The molecule has 2 aromatic carbocycles. The van der Waals surface area contributed by atoms with Crippen molar-refractivity contribution in [1.29, 1.82) is 0 Å². The van der Waals surface area contributed by atoms with Crippen LogP contribution in [0.15, 0.2) is 54.9 Å².